The third-order valence-corrected chi connectivity index (χ3v) is 3.05. The standard InChI is InChI=1S/C13H27N3O2/c1-4-7-9-16(10-8-5-2)13(17)11(6-3)12(14)15-18/h11,18H,4-10H2,1-3H3,(H2,14,15). The van der Waals surface area contributed by atoms with Crippen molar-refractivity contribution >= 4 is 11.7 Å². The third kappa shape index (κ3) is 5.38. The number of amidine groups is 1. The Bertz CT molecular complexity index is 259. The Kier molecular flexibility index (Phi) is 9.06. The number of carbonyl (C=O) groups excluding carboxylic acids is 1. The molecule has 0 saturated heterocycles. The maximum Gasteiger partial charge on any atom is 0.233 e. The Balaban J connectivity index is 4.68. The smallest absolute Gasteiger partial charge is 0.233 e. The molecular formula is C13H27N3O2. The molecule has 5 nitrogen and oxygen atoms in total. The van der Waals surface area contributed by atoms with Crippen molar-refractivity contribution in [2.75, 3.05) is 13.1 Å². The van der Waals surface area contributed by atoms with Crippen LogP contribution in [-0.2, 0) is 4.79 Å². The Labute approximate surface area is 110 Å². The first-order chi connectivity index (χ1) is 8.62. The van der Waals surface area contributed by atoms with E-state index in [1.807, 2.05) is 11.8 Å². The highest BCUT2D eigenvalue weighted by molar-refractivity contribution is 6.02. The second-order valence-corrected chi connectivity index (χ2v) is 4.52. The van der Waals surface area contributed by atoms with Crippen LogP contribution < -0.4 is 5.73 Å². The minimum atomic E-state index is -0.497. The second-order valence-electron chi connectivity index (χ2n) is 4.52. The van der Waals surface area contributed by atoms with E-state index < -0.39 is 5.92 Å². The predicted octanol–water partition coefficient (Wildman–Crippen LogP) is 2.19. The molecule has 1 amide bonds. The summed E-state index contributed by atoms with van der Waals surface area (Å²) in [5.41, 5.74) is 5.58. The van der Waals surface area contributed by atoms with Gasteiger partial charge in [-0.05, 0) is 19.3 Å². The molecule has 0 aromatic carbocycles. The molecule has 106 valence electrons. The summed E-state index contributed by atoms with van der Waals surface area (Å²) in [6.07, 6.45) is 4.64. The average Bonchev–Trinajstić information content (AvgIpc) is 2.39. The molecule has 0 heterocycles. The zero-order chi connectivity index (χ0) is 14.0. The van der Waals surface area contributed by atoms with E-state index in [1.165, 1.54) is 0 Å². The quantitative estimate of drug-likeness (QED) is 0.287. The molecule has 0 aromatic heterocycles. The third-order valence-electron chi connectivity index (χ3n) is 3.05. The van der Waals surface area contributed by atoms with Crippen molar-refractivity contribution in [2.45, 2.75) is 52.9 Å². The van der Waals surface area contributed by atoms with E-state index in [-0.39, 0.29) is 11.7 Å². The number of rotatable bonds is 9. The molecule has 1 unspecified atom stereocenters. The van der Waals surface area contributed by atoms with Gasteiger partial charge in [0.25, 0.3) is 0 Å². The van der Waals surface area contributed by atoms with Gasteiger partial charge in [-0.3, -0.25) is 4.79 Å². The molecule has 0 aliphatic heterocycles. The summed E-state index contributed by atoms with van der Waals surface area (Å²) in [5.74, 6) is -0.501. The number of oxime groups is 1. The van der Waals surface area contributed by atoms with Crippen LogP contribution in [-0.4, -0.2) is 34.9 Å². The molecule has 0 spiro atoms. The average molecular weight is 257 g/mol. The van der Waals surface area contributed by atoms with Gasteiger partial charge in [-0.2, -0.15) is 0 Å². The summed E-state index contributed by atoms with van der Waals surface area (Å²) >= 11 is 0. The number of amides is 1. The van der Waals surface area contributed by atoms with Crippen LogP contribution in [0.5, 0.6) is 0 Å². The molecule has 18 heavy (non-hydrogen) atoms. The molecule has 0 aliphatic carbocycles. The van der Waals surface area contributed by atoms with E-state index in [2.05, 4.69) is 19.0 Å². The maximum atomic E-state index is 12.3. The van der Waals surface area contributed by atoms with Crippen LogP contribution in [0, 0.1) is 5.92 Å². The molecule has 5 heteroatoms. The van der Waals surface area contributed by atoms with Crippen molar-refractivity contribution in [1.82, 2.24) is 4.90 Å². The highest BCUT2D eigenvalue weighted by Crippen LogP contribution is 2.10. The molecule has 0 rings (SSSR count). The lowest BCUT2D eigenvalue weighted by Gasteiger charge is -2.26. The number of nitrogens with zero attached hydrogens (tertiary/aromatic N) is 2. The summed E-state index contributed by atoms with van der Waals surface area (Å²) in [6, 6.07) is 0. The summed E-state index contributed by atoms with van der Waals surface area (Å²) in [7, 11) is 0. The predicted molar refractivity (Wildman–Crippen MR) is 73.6 cm³/mol. The van der Waals surface area contributed by atoms with Crippen LogP contribution in [0.1, 0.15) is 52.9 Å². The van der Waals surface area contributed by atoms with Gasteiger partial charge in [0.1, 0.15) is 0 Å². The molecular weight excluding hydrogens is 230 g/mol. The van der Waals surface area contributed by atoms with E-state index in [1.54, 1.807) is 0 Å². The largest absolute Gasteiger partial charge is 0.409 e. The fourth-order valence-electron chi connectivity index (χ4n) is 1.83. The lowest BCUT2D eigenvalue weighted by molar-refractivity contribution is -0.133. The zero-order valence-corrected chi connectivity index (χ0v) is 11.9. The van der Waals surface area contributed by atoms with Crippen LogP contribution in [0.15, 0.2) is 5.16 Å². The van der Waals surface area contributed by atoms with Gasteiger partial charge in [-0.1, -0.05) is 38.8 Å². The van der Waals surface area contributed by atoms with Gasteiger partial charge >= 0.3 is 0 Å². The summed E-state index contributed by atoms with van der Waals surface area (Å²) in [5, 5.41) is 11.7. The number of carbonyl (C=O) groups is 1. The molecule has 1 atom stereocenters. The van der Waals surface area contributed by atoms with Gasteiger partial charge in [-0.25, -0.2) is 0 Å². The summed E-state index contributed by atoms with van der Waals surface area (Å²) in [4.78, 5) is 14.2. The Hall–Kier alpha value is -1.26. The lowest BCUT2D eigenvalue weighted by atomic mass is 10.0. The minimum absolute atomic E-state index is 0.0143. The molecule has 0 saturated carbocycles. The first kappa shape index (κ1) is 16.7. The molecule has 3 N–H and O–H groups in total. The van der Waals surface area contributed by atoms with Crippen molar-refractivity contribution in [1.29, 1.82) is 0 Å². The minimum Gasteiger partial charge on any atom is -0.409 e. The SMILES string of the molecule is CCCCN(CCCC)C(=O)C(CC)/C(N)=N/O. The first-order valence-electron chi connectivity index (χ1n) is 6.88. The first-order valence-corrected chi connectivity index (χ1v) is 6.88. The monoisotopic (exact) mass is 257 g/mol. The molecule has 0 fully saturated rings. The van der Waals surface area contributed by atoms with Gasteiger partial charge in [0.2, 0.25) is 5.91 Å². The van der Waals surface area contributed by atoms with Gasteiger partial charge in [0.05, 0.1) is 5.92 Å². The Morgan fingerprint density at radius 2 is 1.72 bits per heavy atom. The molecule has 0 radical (unpaired) electrons. The van der Waals surface area contributed by atoms with Crippen LogP contribution in [0.4, 0.5) is 0 Å². The van der Waals surface area contributed by atoms with Gasteiger partial charge in [0.15, 0.2) is 5.84 Å². The lowest BCUT2D eigenvalue weighted by Crippen LogP contribution is -2.42. The fourth-order valence-corrected chi connectivity index (χ4v) is 1.83. The van der Waals surface area contributed by atoms with Crippen LogP contribution >= 0.6 is 0 Å². The van der Waals surface area contributed by atoms with E-state index >= 15 is 0 Å². The van der Waals surface area contributed by atoms with Crippen LogP contribution in [0.2, 0.25) is 0 Å². The molecule has 0 bridgehead atoms. The highest BCUT2D eigenvalue weighted by atomic mass is 16.4. The Morgan fingerprint density at radius 3 is 2.06 bits per heavy atom. The van der Waals surface area contributed by atoms with Gasteiger partial charge in [0, 0.05) is 13.1 Å². The molecule has 0 aromatic rings. The normalized spacial score (nSPS) is 13.4. The van der Waals surface area contributed by atoms with E-state index in [4.69, 9.17) is 10.9 Å². The second kappa shape index (κ2) is 9.74. The maximum absolute atomic E-state index is 12.3. The zero-order valence-electron chi connectivity index (χ0n) is 11.9. The fraction of sp³-hybridized carbons (Fsp3) is 0.846. The van der Waals surface area contributed by atoms with Gasteiger partial charge in [-0.15, -0.1) is 0 Å². The number of nitrogens with two attached hydrogens (primary N) is 1. The van der Waals surface area contributed by atoms with Crippen molar-refractivity contribution in [2.24, 2.45) is 16.8 Å². The van der Waals surface area contributed by atoms with Gasteiger partial charge < -0.3 is 15.8 Å². The van der Waals surface area contributed by atoms with Crippen molar-refractivity contribution in [3.05, 3.63) is 0 Å². The van der Waals surface area contributed by atoms with Crippen molar-refractivity contribution in [3.8, 4) is 0 Å². The van der Waals surface area contributed by atoms with Crippen molar-refractivity contribution < 1.29 is 10.0 Å². The molecule has 0 aliphatic rings. The van der Waals surface area contributed by atoms with E-state index in [0.29, 0.717) is 6.42 Å². The summed E-state index contributed by atoms with van der Waals surface area (Å²) < 4.78 is 0. The van der Waals surface area contributed by atoms with Crippen LogP contribution in [0.3, 0.4) is 0 Å². The Morgan fingerprint density at radius 1 is 1.22 bits per heavy atom. The van der Waals surface area contributed by atoms with Crippen molar-refractivity contribution in [3.63, 3.8) is 0 Å². The number of hydrogen-bond acceptors (Lipinski definition) is 3. The number of hydrogen-bond donors (Lipinski definition) is 2. The van der Waals surface area contributed by atoms with E-state index in [9.17, 15) is 4.79 Å². The number of unbranched alkanes of at least 4 members (excludes halogenated alkanes) is 2. The van der Waals surface area contributed by atoms with Crippen LogP contribution in [0.25, 0.3) is 0 Å². The topological polar surface area (TPSA) is 78.9 Å². The van der Waals surface area contributed by atoms with E-state index in [0.717, 1.165) is 38.8 Å². The summed E-state index contributed by atoms with van der Waals surface area (Å²) in [6.45, 7) is 7.58. The highest BCUT2D eigenvalue weighted by Gasteiger charge is 2.25.